The number of esters is 2. The van der Waals surface area contributed by atoms with Crippen LogP contribution in [-0.2, 0) is 38.2 Å². The van der Waals surface area contributed by atoms with Crippen LogP contribution < -0.4 is 5.32 Å². The van der Waals surface area contributed by atoms with E-state index in [1.54, 1.807) is 0 Å². The second kappa shape index (κ2) is 12.7. The summed E-state index contributed by atoms with van der Waals surface area (Å²) in [4.78, 5) is 73.3. The number of carboxylic acids is 1. The van der Waals surface area contributed by atoms with Gasteiger partial charge in [0.1, 0.15) is 0 Å². The Labute approximate surface area is 247 Å². The van der Waals surface area contributed by atoms with E-state index >= 15 is 0 Å². The predicted molar refractivity (Wildman–Crippen MR) is 151 cm³/mol. The van der Waals surface area contributed by atoms with Crippen molar-refractivity contribution in [3.05, 3.63) is 11.6 Å². The molecule has 0 heterocycles. The number of ether oxygens (including phenoxy) is 2. The lowest BCUT2D eigenvalue weighted by molar-refractivity contribution is -0.191. The standard InChI is InChI=1S/C32H45NO9/c1-20(34)42-32(26(36)19-41-29(40)10-9-27(37)33-17-5-4-6-28(38)39)16-13-25-23-8-7-21-18-22(35)11-14-30(21,2)24(23)12-15-31(25,32)3/h18,23-25H,4-17,19H2,1-3H3,(H,33,37)(H,38,39). The van der Waals surface area contributed by atoms with E-state index in [0.29, 0.717) is 50.5 Å². The van der Waals surface area contributed by atoms with Gasteiger partial charge in [-0.3, -0.25) is 28.8 Å². The van der Waals surface area contributed by atoms with E-state index in [0.717, 1.165) is 32.1 Å². The summed E-state index contributed by atoms with van der Waals surface area (Å²) in [5.74, 6) is -1.72. The van der Waals surface area contributed by atoms with Crippen LogP contribution in [0.15, 0.2) is 11.6 Å². The second-order valence-electron chi connectivity index (χ2n) is 13.2. The molecule has 4 aliphatic carbocycles. The third-order valence-corrected chi connectivity index (χ3v) is 10.9. The zero-order valence-electron chi connectivity index (χ0n) is 25.1. The van der Waals surface area contributed by atoms with Crippen molar-refractivity contribution >= 4 is 35.4 Å². The van der Waals surface area contributed by atoms with Gasteiger partial charge in [0.05, 0.1) is 6.42 Å². The Morgan fingerprint density at radius 1 is 0.952 bits per heavy atom. The maximum atomic E-state index is 13.8. The van der Waals surface area contributed by atoms with Crippen LogP contribution in [0.4, 0.5) is 0 Å². The molecule has 1 amide bonds. The Bertz CT molecular complexity index is 1160. The van der Waals surface area contributed by atoms with E-state index in [9.17, 15) is 28.8 Å². The Morgan fingerprint density at radius 3 is 2.40 bits per heavy atom. The van der Waals surface area contributed by atoms with E-state index in [1.165, 1.54) is 12.5 Å². The monoisotopic (exact) mass is 587 g/mol. The lowest BCUT2D eigenvalue weighted by atomic mass is 9.46. The van der Waals surface area contributed by atoms with Crippen LogP contribution >= 0.6 is 0 Å². The molecule has 0 aliphatic heterocycles. The van der Waals surface area contributed by atoms with Gasteiger partial charge >= 0.3 is 17.9 Å². The summed E-state index contributed by atoms with van der Waals surface area (Å²) < 4.78 is 11.2. The van der Waals surface area contributed by atoms with Crippen molar-refractivity contribution in [3.63, 3.8) is 0 Å². The first-order valence-corrected chi connectivity index (χ1v) is 15.4. The summed E-state index contributed by atoms with van der Waals surface area (Å²) in [7, 11) is 0. The van der Waals surface area contributed by atoms with Crippen LogP contribution in [0, 0.1) is 28.6 Å². The number of ketones is 2. The lowest BCUT2D eigenvalue weighted by Crippen LogP contribution is -2.59. The highest BCUT2D eigenvalue weighted by molar-refractivity contribution is 5.93. The minimum absolute atomic E-state index is 0.0187. The summed E-state index contributed by atoms with van der Waals surface area (Å²) in [5.41, 5.74) is -0.717. The molecule has 0 aromatic carbocycles. The van der Waals surface area contributed by atoms with Crippen LogP contribution in [0.5, 0.6) is 0 Å². The summed E-state index contributed by atoms with van der Waals surface area (Å²) in [6, 6.07) is 0. The minimum Gasteiger partial charge on any atom is -0.481 e. The van der Waals surface area contributed by atoms with E-state index in [2.05, 4.69) is 19.2 Å². The summed E-state index contributed by atoms with van der Waals surface area (Å²) >= 11 is 0. The van der Waals surface area contributed by atoms with E-state index in [1.807, 2.05) is 6.08 Å². The number of rotatable bonds is 12. The number of carbonyl (C=O) groups excluding carboxylic acids is 5. The molecule has 4 aliphatic rings. The smallest absolute Gasteiger partial charge is 0.306 e. The molecule has 0 aromatic rings. The first-order chi connectivity index (χ1) is 19.8. The van der Waals surface area contributed by atoms with Gasteiger partial charge in [-0.2, -0.15) is 0 Å². The van der Waals surface area contributed by atoms with Gasteiger partial charge in [0.25, 0.3) is 0 Å². The first kappa shape index (κ1) is 31.9. The predicted octanol–water partition coefficient (Wildman–Crippen LogP) is 4.08. The van der Waals surface area contributed by atoms with Crippen LogP contribution in [0.25, 0.3) is 0 Å². The zero-order valence-corrected chi connectivity index (χ0v) is 25.1. The molecule has 2 N–H and O–H groups in total. The molecule has 10 heteroatoms. The normalized spacial score (nSPS) is 33.4. The number of nitrogens with one attached hydrogen (secondary N) is 1. The number of carboxylic acid groups (broad SMARTS) is 1. The van der Waals surface area contributed by atoms with Crippen molar-refractivity contribution in [1.29, 1.82) is 0 Å². The largest absolute Gasteiger partial charge is 0.481 e. The zero-order chi connectivity index (χ0) is 30.7. The Hall–Kier alpha value is -3.04. The fourth-order valence-corrected chi connectivity index (χ4v) is 8.75. The average Bonchev–Trinajstić information content (AvgIpc) is 3.22. The maximum Gasteiger partial charge on any atom is 0.306 e. The minimum atomic E-state index is -1.37. The maximum absolute atomic E-state index is 13.8. The number of hydrogen-bond acceptors (Lipinski definition) is 8. The van der Waals surface area contributed by atoms with Gasteiger partial charge in [-0.25, -0.2) is 0 Å². The molecular formula is C32H45NO9. The highest BCUT2D eigenvalue weighted by atomic mass is 16.6. The lowest BCUT2D eigenvalue weighted by Gasteiger charge is -2.59. The van der Waals surface area contributed by atoms with Gasteiger partial charge < -0.3 is 19.9 Å². The van der Waals surface area contributed by atoms with E-state index in [4.69, 9.17) is 14.6 Å². The number of unbranched alkanes of at least 4 members (excludes halogenated alkanes) is 1. The molecule has 0 aromatic heterocycles. The molecule has 10 nitrogen and oxygen atoms in total. The van der Waals surface area contributed by atoms with Crippen molar-refractivity contribution in [2.24, 2.45) is 28.6 Å². The molecule has 6 unspecified atom stereocenters. The average molecular weight is 588 g/mol. The van der Waals surface area contributed by atoms with Crippen LogP contribution in [-0.4, -0.2) is 59.2 Å². The van der Waals surface area contributed by atoms with Gasteiger partial charge in [-0.1, -0.05) is 19.4 Å². The fourth-order valence-electron chi connectivity index (χ4n) is 8.75. The molecule has 6 atom stereocenters. The molecule has 4 rings (SSSR count). The first-order valence-electron chi connectivity index (χ1n) is 15.4. The van der Waals surface area contributed by atoms with Crippen molar-refractivity contribution in [1.82, 2.24) is 5.32 Å². The van der Waals surface area contributed by atoms with Gasteiger partial charge in [0.2, 0.25) is 11.7 Å². The van der Waals surface area contributed by atoms with Gasteiger partial charge in [-0.15, -0.1) is 0 Å². The molecule has 0 bridgehead atoms. The van der Waals surface area contributed by atoms with Gasteiger partial charge in [0, 0.05) is 38.1 Å². The Morgan fingerprint density at radius 2 is 1.69 bits per heavy atom. The van der Waals surface area contributed by atoms with Gasteiger partial charge in [0.15, 0.2) is 18.0 Å². The van der Waals surface area contributed by atoms with Crippen molar-refractivity contribution in [3.8, 4) is 0 Å². The van der Waals surface area contributed by atoms with Crippen molar-refractivity contribution < 1.29 is 43.3 Å². The Balaban J connectivity index is 1.37. The third-order valence-electron chi connectivity index (χ3n) is 10.9. The van der Waals surface area contributed by atoms with E-state index in [-0.39, 0.29) is 42.3 Å². The quantitative estimate of drug-likeness (QED) is 0.254. The number of fused-ring (bicyclic) bond motifs is 5. The highest BCUT2D eigenvalue weighted by Gasteiger charge is 2.68. The highest BCUT2D eigenvalue weighted by Crippen LogP contribution is 2.68. The fraction of sp³-hybridized carbons (Fsp3) is 0.750. The van der Waals surface area contributed by atoms with E-state index < -0.39 is 41.3 Å². The molecule has 3 fully saturated rings. The number of amides is 1. The molecule has 232 valence electrons. The molecular weight excluding hydrogens is 542 g/mol. The third kappa shape index (κ3) is 6.18. The molecule has 0 saturated heterocycles. The number of carbonyl (C=O) groups is 6. The second-order valence-corrected chi connectivity index (χ2v) is 13.2. The van der Waals surface area contributed by atoms with Crippen molar-refractivity contribution in [2.75, 3.05) is 13.2 Å². The Kier molecular flexibility index (Phi) is 9.62. The molecule has 42 heavy (non-hydrogen) atoms. The summed E-state index contributed by atoms with van der Waals surface area (Å²) in [6.07, 6.45) is 8.52. The van der Waals surface area contributed by atoms with Crippen LogP contribution in [0.2, 0.25) is 0 Å². The number of aliphatic carboxylic acids is 1. The van der Waals surface area contributed by atoms with Crippen LogP contribution in [0.1, 0.15) is 104 Å². The van der Waals surface area contributed by atoms with Crippen LogP contribution in [0.3, 0.4) is 0 Å². The number of hydrogen-bond donors (Lipinski definition) is 2. The molecule has 3 saturated carbocycles. The number of allylic oxidation sites excluding steroid dienone is 1. The number of Topliss-reactive ketones (excluding diaryl/α,β-unsaturated/α-hetero) is 1. The molecule has 0 spiro atoms. The SMILES string of the molecule is CC(=O)OC1(C(=O)COC(=O)CCC(=O)NCCCCC(=O)O)CCC2C3CCC4=CC(=O)CCC4(C)C3CCC21C. The topological polar surface area (TPSA) is 153 Å². The molecule has 0 radical (unpaired) electrons. The summed E-state index contributed by atoms with van der Waals surface area (Å²) in [6.45, 7) is 5.46. The summed E-state index contributed by atoms with van der Waals surface area (Å²) in [5, 5.41) is 11.3. The van der Waals surface area contributed by atoms with Gasteiger partial charge in [-0.05, 0) is 87.0 Å². The van der Waals surface area contributed by atoms with Crippen molar-refractivity contribution in [2.45, 2.75) is 110 Å².